The van der Waals surface area contributed by atoms with Crippen LogP contribution in [0.5, 0.6) is 0 Å². The highest BCUT2D eigenvalue weighted by molar-refractivity contribution is 5.69. The summed E-state index contributed by atoms with van der Waals surface area (Å²) in [5.74, 6) is -0.0553. The van der Waals surface area contributed by atoms with Crippen LogP contribution >= 0.6 is 0 Å². The van der Waals surface area contributed by atoms with Crippen LogP contribution in [0.3, 0.4) is 0 Å². The molecule has 0 atom stereocenters. The van der Waals surface area contributed by atoms with E-state index in [9.17, 15) is 4.79 Å². The molecule has 0 saturated heterocycles. The van der Waals surface area contributed by atoms with Crippen LogP contribution in [0.15, 0.2) is 0 Å². The van der Waals surface area contributed by atoms with E-state index in [0.717, 1.165) is 25.7 Å². The quantitative estimate of drug-likeness (QED) is 0.595. The number of carbonyl (C=O) groups excluding carboxylic acids is 1. The Morgan fingerprint density at radius 3 is 2.31 bits per heavy atom. The Hall–Kier alpha value is -0.530. The summed E-state index contributed by atoms with van der Waals surface area (Å²) >= 11 is 0. The van der Waals surface area contributed by atoms with Crippen molar-refractivity contribution in [2.75, 3.05) is 0 Å². The van der Waals surface area contributed by atoms with Gasteiger partial charge in [-0.15, -0.1) is 0 Å². The van der Waals surface area contributed by atoms with E-state index in [1.54, 1.807) is 0 Å². The molecule has 0 aromatic carbocycles. The molecule has 0 unspecified atom stereocenters. The second-order valence-corrected chi connectivity index (χ2v) is 4.09. The first-order valence-corrected chi connectivity index (χ1v) is 5.23. The van der Waals surface area contributed by atoms with Gasteiger partial charge in [-0.2, -0.15) is 0 Å². The van der Waals surface area contributed by atoms with E-state index in [0.29, 0.717) is 6.42 Å². The summed E-state index contributed by atoms with van der Waals surface area (Å²) in [7, 11) is 0. The minimum atomic E-state index is -0.278. The number of hydrogen-bond donors (Lipinski definition) is 0. The zero-order valence-electron chi connectivity index (χ0n) is 9.35. The summed E-state index contributed by atoms with van der Waals surface area (Å²) in [6.07, 6.45) is 4.52. The SMILES string of the molecule is CCCCC(=O)OC(C)(C)CCC. The van der Waals surface area contributed by atoms with Crippen molar-refractivity contribution < 1.29 is 9.53 Å². The van der Waals surface area contributed by atoms with Crippen LogP contribution < -0.4 is 0 Å². The van der Waals surface area contributed by atoms with Crippen LogP contribution in [0, 0.1) is 0 Å². The number of rotatable bonds is 6. The summed E-state index contributed by atoms with van der Waals surface area (Å²) in [5, 5.41) is 0. The predicted molar refractivity (Wildman–Crippen MR) is 54.6 cm³/mol. The largest absolute Gasteiger partial charge is 0.460 e. The third-order valence-electron chi connectivity index (χ3n) is 1.98. The van der Waals surface area contributed by atoms with Crippen LogP contribution in [-0.2, 0) is 9.53 Å². The Kier molecular flexibility index (Phi) is 5.76. The molecule has 0 aliphatic heterocycles. The average molecular weight is 186 g/mol. The van der Waals surface area contributed by atoms with Gasteiger partial charge in [-0.05, 0) is 26.7 Å². The molecule has 0 bridgehead atoms. The summed E-state index contributed by atoms with van der Waals surface area (Å²) in [6.45, 7) is 8.12. The molecule has 2 nitrogen and oxygen atoms in total. The van der Waals surface area contributed by atoms with Crippen molar-refractivity contribution in [1.29, 1.82) is 0 Å². The topological polar surface area (TPSA) is 26.3 Å². The third kappa shape index (κ3) is 6.62. The zero-order valence-corrected chi connectivity index (χ0v) is 9.35. The van der Waals surface area contributed by atoms with E-state index < -0.39 is 0 Å². The number of hydrogen-bond acceptors (Lipinski definition) is 2. The van der Waals surface area contributed by atoms with E-state index in [1.807, 2.05) is 13.8 Å². The molecule has 0 saturated carbocycles. The van der Waals surface area contributed by atoms with Gasteiger partial charge < -0.3 is 4.74 Å². The maximum absolute atomic E-state index is 11.3. The van der Waals surface area contributed by atoms with Gasteiger partial charge in [-0.3, -0.25) is 4.79 Å². The van der Waals surface area contributed by atoms with E-state index >= 15 is 0 Å². The van der Waals surface area contributed by atoms with Crippen molar-refractivity contribution >= 4 is 5.97 Å². The number of carbonyl (C=O) groups is 1. The van der Waals surface area contributed by atoms with Crippen LogP contribution in [0.25, 0.3) is 0 Å². The molecule has 0 aliphatic carbocycles. The number of unbranched alkanes of at least 4 members (excludes halogenated alkanes) is 1. The first kappa shape index (κ1) is 12.5. The monoisotopic (exact) mass is 186 g/mol. The van der Waals surface area contributed by atoms with Crippen molar-refractivity contribution in [3.8, 4) is 0 Å². The molecule has 0 aromatic rings. The molecule has 78 valence electrons. The van der Waals surface area contributed by atoms with Gasteiger partial charge in [0, 0.05) is 6.42 Å². The van der Waals surface area contributed by atoms with Crippen LogP contribution in [-0.4, -0.2) is 11.6 Å². The van der Waals surface area contributed by atoms with E-state index in [2.05, 4.69) is 13.8 Å². The first-order valence-electron chi connectivity index (χ1n) is 5.23. The standard InChI is InChI=1S/C11H22O2/c1-5-7-8-10(12)13-11(3,4)9-6-2/h5-9H2,1-4H3. The van der Waals surface area contributed by atoms with Gasteiger partial charge in [0.25, 0.3) is 0 Å². The lowest BCUT2D eigenvalue weighted by Gasteiger charge is -2.24. The highest BCUT2D eigenvalue weighted by atomic mass is 16.6. The van der Waals surface area contributed by atoms with E-state index in [1.165, 1.54) is 0 Å². The molecule has 0 aliphatic rings. The maximum atomic E-state index is 11.3. The lowest BCUT2D eigenvalue weighted by molar-refractivity contribution is -0.157. The number of esters is 1. The second-order valence-electron chi connectivity index (χ2n) is 4.09. The fourth-order valence-corrected chi connectivity index (χ4v) is 1.33. The smallest absolute Gasteiger partial charge is 0.306 e. The zero-order chi connectivity index (χ0) is 10.3. The lowest BCUT2D eigenvalue weighted by Crippen LogP contribution is -2.27. The van der Waals surface area contributed by atoms with Gasteiger partial charge in [0.2, 0.25) is 0 Å². The normalized spacial score (nSPS) is 11.4. The highest BCUT2D eigenvalue weighted by Crippen LogP contribution is 2.17. The number of ether oxygens (including phenoxy) is 1. The van der Waals surface area contributed by atoms with Gasteiger partial charge in [-0.1, -0.05) is 26.7 Å². The molecule has 0 N–H and O–H groups in total. The summed E-state index contributed by atoms with van der Waals surface area (Å²) in [5.41, 5.74) is -0.278. The molecule has 0 spiro atoms. The molecule has 0 rings (SSSR count). The third-order valence-corrected chi connectivity index (χ3v) is 1.98. The first-order chi connectivity index (χ1) is 6.02. The van der Waals surface area contributed by atoms with E-state index in [-0.39, 0.29) is 11.6 Å². The molecule has 0 aromatic heterocycles. The Labute approximate surface area is 81.7 Å². The fraction of sp³-hybridized carbons (Fsp3) is 0.909. The minimum Gasteiger partial charge on any atom is -0.460 e. The van der Waals surface area contributed by atoms with Crippen molar-refractivity contribution in [1.82, 2.24) is 0 Å². The van der Waals surface area contributed by atoms with Crippen LogP contribution in [0.1, 0.15) is 59.8 Å². The predicted octanol–water partition coefficient (Wildman–Crippen LogP) is 3.30. The summed E-state index contributed by atoms with van der Waals surface area (Å²) < 4.78 is 5.34. The van der Waals surface area contributed by atoms with Crippen molar-refractivity contribution in [2.24, 2.45) is 0 Å². The fourth-order valence-electron chi connectivity index (χ4n) is 1.33. The Morgan fingerprint density at radius 1 is 1.23 bits per heavy atom. The van der Waals surface area contributed by atoms with Crippen molar-refractivity contribution in [2.45, 2.75) is 65.4 Å². The summed E-state index contributed by atoms with van der Waals surface area (Å²) in [4.78, 5) is 11.3. The Bertz CT molecular complexity index is 150. The highest BCUT2D eigenvalue weighted by Gasteiger charge is 2.20. The molecule has 0 radical (unpaired) electrons. The molecule has 0 fully saturated rings. The maximum Gasteiger partial charge on any atom is 0.306 e. The van der Waals surface area contributed by atoms with Crippen molar-refractivity contribution in [3.05, 3.63) is 0 Å². The molecule has 0 heterocycles. The molecular weight excluding hydrogens is 164 g/mol. The van der Waals surface area contributed by atoms with Gasteiger partial charge in [-0.25, -0.2) is 0 Å². The van der Waals surface area contributed by atoms with Crippen LogP contribution in [0.4, 0.5) is 0 Å². The van der Waals surface area contributed by atoms with Gasteiger partial charge in [0.05, 0.1) is 0 Å². The molecule has 0 amide bonds. The Balaban J connectivity index is 3.75. The van der Waals surface area contributed by atoms with Gasteiger partial charge in [0.1, 0.15) is 5.60 Å². The van der Waals surface area contributed by atoms with Crippen LogP contribution in [0.2, 0.25) is 0 Å². The Morgan fingerprint density at radius 2 is 1.85 bits per heavy atom. The molecular formula is C11H22O2. The minimum absolute atomic E-state index is 0.0553. The summed E-state index contributed by atoms with van der Waals surface area (Å²) in [6, 6.07) is 0. The second kappa shape index (κ2) is 6.01. The van der Waals surface area contributed by atoms with Crippen molar-refractivity contribution in [3.63, 3.8) is 0 Å². The lowest BCUT2D eigenvalue weighted by atomic mass is 10.0. The molecule has 13 heavy (non-hydrogen) atoms. The average Bonchev–Trinajstić information content (AvgIpc) is 1.99. The molecule has 2 heteroatoms. The van der Waals surface area contributed by atoms with Gasteiger partial charge in [0.15, 0.2) is 0 Å². The van der Waals surface area contributed by atoms with E-state index in [4.69, 9.17) is 4.74 Å². The van der Waals surface area contributed by atoms with Gasteiger partial charge >= 0.3 is 5.97 Å².